The predicted octanol–water partition coefficient (Wildman–Crippen LogP) is 5.20. The van der Waals surface area contributed by atoms with Crippen LogP contribution in [0.3, 0.4) is 0 Å². The van der Waals surface area contributed by atoms with Gasteiger partial charge in [0, 0.05) is 18.7 Å². The summed E-state index contributed by atoms with van der Waals surface area (Å²) in [5.41, 5.74) is 2.55. The van der Waals surface area contributed by atoms with E-state index >= 15 is 0 Å². The van der Waals surface area contributed by atoms with Crippen molar-refractivity contribution in [3.63, 3.8) is 0 Å². The molecule has 1 aromatic carbocycles. The van der Waals surface area contributed by atoms with E-state index in [1.807, 2.05) is 18.4 Å². The number of thiophene rings is 1. The highest BCUT2D eigenvalue weighted by molar-refractivity contribution is 9.10. The van der Waals surface area contributed by atoms with E-state index in [4.69, 9.17) is 0 Å². The van der Waals surface area contributed by atoms with E-state index in [0.29, 0.717) is 0 Å². The van der Waals surface area contributed by atoms with Crippen LogP contribution in [0.15, 0.2) is 33.2 Å². The fourth-order valence-electron chi connectivity index (χ4n) is 1.99. The summed E-state index contributed by atoms with van der Waals surface area (Å²) in [5, 5.41) is 3.40. The standard InChI is InChI=1S/C14H15Br2NS/c1-8-6-10(4-5-11(8)15)13(17-3)14-12(16)7-9(2)18-14/h4-7,13,17H,1-3H3. The van der Waals surface area contributed by atoms with Gasteiger partial charge in [-0.2, -0.15) is 0 Å². The van der Waals surface area contributed by atoms with Gasteiger partial charge < -0.3 is 5.32 Å². The second-order valence-corrected chi connectivity index (χ2v) is 7.30. The van der Waals surface area contributed by atoms with Gasteiger partial charge in [-0.15, -0.1) is 11.3 Å². The molecule has 18 heavy (non-hydrogen) atoms. The highest BCUT2D eigenvalue weighted by atomic mass is 79.9. The molecule has 0 amide bonds. The molecule has 1 unspecified atom stereocenters. The maximum Gasteiger partial charge on any atom is 0.0680 e. The first-order valence-electron chi connectivity index (χ1n) is 5.72. The van der Waals surface area contributed by atoms with Gasteiger partial charge in [-0.3, -0.25) is 0 Å². The second kappa shape index (κ2) is 5.87. The molecule has 0 radical (unpaired) electrons. The van der Waals surface area contributed by atoms with E-state index < -0.39 is 0 Å². The average Bonchev–Trinajstić information content (AvgIpc) is 2.64. The molecule has 0 fully saturated rings. The van der Waals surface area contributed by atoms with Crippen molar-refractivity contribution in [3.8, 4) is 0 Å². The number of benzene rings is 1. The Bertz CT molecular complexity index is 563. The molecular formula is C14H15Br2NS. The molecule has 1 aromatic heterocycles. The number of aryl methyl sites for hydroxylation is 2. The van der Waals surface area contributed by atoms with Gasteiger partial charge in [-0.25, -0.2) is 0 Å². The van der Waals surface area contributed by atoms with Gasteiger partial charge in [0.05, 0.1) is 6.04 Å². The molecule has 4 heteroatoms. The van der Waals surface area contributed by atoms with Crippen LogP contribution in [0.5, 0.6) is 0 Å². The Balaban J connectivity index is 2.45. The highest BCUT2D eigenvalue weighted by Crippen LogP contribution is 2.36. The van der Waals surface area contributed by atoms with Crippen LogP contribution in [0.2, 0.25) is 0 Å². The van der Waals surface area contributed by atoms with Crippen molar-refractivity contribution < 1.29 is 0 Å². The third-order valence-electron chi connectivity index (χ3n) is 2.90. The third-order valence-corrected chi connectivity index (χ3v) is 5.83. The SMILES string of the molecule is CNC(c1ccc(Br)c(C)c1)c1sc(C)cc1Br. The van der Waals surface area contributed by atoms with Crippen LogP contribution >= 0.6 is 43.2 Å². The zero-order valence-electron chi connectivity index (χ0n) is 10.6. The van der Waals surface area contributed by atoms with Gasteiger partial charge in [0.2, 0.25) is 0 Å². The molecule has 2 aromatic rings. The maximum absolute atomic E-state index is 3.65. The normalized spacial score (nSPS) is 12.7. The topological polar surface area (TPSA) is 12.0 Å². The Morgan fingerprint density at radius 1 is 1.11 bits per heavy atom. The quantitative estimate of drug-likeness (QED) is 0.761. The zero-order chi connectivity index (χ0) is 13.3. The van der Waals surface area contributed by atoms with Crippen molar-refractivity contribution in [3.05, 3.63) is 54.1 Å². The summed E-state index contributed by atoms with van der Waals surface area (Å²) in [6, 6.07) is 8.93. The smallest absolute Gasteiger partial charge is 0.0680 e. The largest absolute Gasteiger partial charge is 0.309 e. The van der Waals surface area contributed by atoms with Crippen LogP contribution in [-0.4, -0.2) is 7.05 Å². The highest BCUT2D eigenvalue weighted by Gasteiger charge is 2.17. The number of hydrogen-bond acceptors (Lipinski definition) is 2. The fraction of sp³-hybridized carbons (Fsp3) is 0.286. The molecule has 1 nitrogen and oxygen atoms in total. The number of halogens is 2. The maximum atomic E-state index is 3.65. The lowest BCUT2D eigenvalue weighted by Crippen LogP contribution is -2.17. The summed E-state index contributed by atoms with van der Waals surface area (Å²) < 4.78 is 2.34. The molecule has 1 N–H and O–H groups in total. The Morgan fingerprint density at radius 2 is 1.83 bits per heavy atom. The minimum Gasteiger partial charge on any atom is -0.309 e. The molecular weight excluding hydrogens is 374 g/mol. The van der Waals surface area contributed by atoms with Gasteiger partial charge in [-0.05, 0) is 60.1 Å². The van der Waals surface area contributed by atoms with Crippen LogP contribution < -0.4 is 5.32 Å². The van der Waals surface area contributed by atoms with Gasteiger partial charge in [0.1, 0.15) is 0 Å². The first-order valence-corrected chi connectivity index (χ1v) is 8.12. The summed E-state index contributed by atoms with van der Waals surface area (Å²) in [6.07, 6.45) is 0. The Morgan fingerprint density at radius 3 is 2.33 bits per heavy atom. The molecule has 0 bridgehead atoms. The lowest BCUT2D eigenvalue weighted by molar-refractivity contribution is 0.700. The van der Waals surface area contributed by atoms with E-state index in [0.717, 1.165) is 4.47 Å². The first kappa shape index (κ1) is 14.3. The molecule has 0 aliphatic carbocycles. The Kier molecular flexibility index (Phi) is 4.64. The molecule has 1 heterocycles. The molecule has 0 spiro atoms. The fourth-order valence-corrected chi connectivity index (χ4v) is 4.26. The van der Waals surface area contributed by atoms with E-state index in [9.17, 15) is 0 Å². The predicted molar refractivity (Wildman–Crippen MR) is 86.5 cm³/mol. The van der Waals surface area contributed by atoms with Crippen LogP contribution in [0, 0.1) is 13.8 Å². The average molecular weight is 389 g/mol. The van der Waals surface area contributed by atoms with Crippen molar-refractivity contribution >= 4 is 43.2 Å². The molecule has 96 valence electrons. The molecule has 0 aliphatic heterocycles. The van der Waals surface area contributed by atoms with Crippen molar-refractivity contribution in [2.24, 2.45) is 0 Å². The van der Waals surface area contributed by atoms with Crippen molar-refractivity contribution in [2.45, 2.75) is 19.9 Å². The van der Waals surface area contributed by atoms with Crippen LogP contribution in [0.4, 0.5) is 0 Å². The van der Waals surface area contributed by atoms with Gasteiger partial charge in [0.15, 0.2) is 0 Å². The van der Waals surface area contributed by atoms with E-state index in [1.165, 1.54) is 25.4 Å². The first-order chi connectivity index (χ1) is 8.52. The Labute approximate surface area is 129 Å². The van der Waals surface area contributed by atoms with Crippen LogP contribution in [-0.2, 0) is 0 Å². The number of nitrogens with one attached hydrogen (secondary N) is 1. The number of rotatable bonds is 3. The minimum absolute atomic E-state index is 0.241. The summed E-state index contributed by atoms with van der Waals surface area (Å²) >= 11 is 9.03. The third kappa shape index (κ3) is 2.87. The second-order valence-electron chi connectivity index (χ2n) is 4.30. The lowest BCUT2D eigenvalue weighted by Gasteiger charge is -2.17. The number of hydrogen-bond donors (Lipinski definition) is 1. The van der Waals surface area contributed by atoms with Gasteiger partial charge >= 0.3 is 0 Å². The van der Waals surface area contributed by atoms with E-state index in [1.54, 1.807) is 0 Å². The molecule has 0 saturated heterocycles. The molecule has 0 aliphatic rings. The van der Waals surface area contributed by atoms with Gasteiger partial charge in [-0.1, -0.05) is 28.1 Å². The molecule has 0 saturated carbocycles. The lowest BCUT2D eigenvalue weighted by atomic mass is 10.0. The van der Waals surface area contributed by atoms with Crippen LogP contribution in [0.25, 0.3) is 0 Å². The zero-order valence-corrected chi connectivity index (χ0v) is 14.5. The molecule has 1 atom stereocenters. The minimum atomic E-state index is 0.241. The van der Waals surface area contributed by atoms with Crippen molar-refractivity contribution in [1.82, 2.24) is 5.32 Å². The monoisotopic (exact) mass is 387 g/mol. The summed E-state index contributed by atoms with van der Waals surface area (Å²) in [7, 11) is 2.00. The Hall–Kier alpha value is -0.160. The van der Waals surface area contributed by atoms with Crippen molar-refractivity contribution in [1.29, 1.82) is 0 Å². The van der Waals surface area contributed by atoms with E-state index in [2.05, 4.69) is 75.3 Å². The van der Waals surface area contributed by atoms with Crippen LogP contribution in [0.1, 0.15) is 26.9 Å². The summed E-state index contributed by atoms with van der Waals surface area (Å²) in [6.45, 7) is 4.26. The van der Waals surface area contributed by atoms with Crippen molar-refractivity contribution in [2.75, 3.05) is 7.05 Å². The summed E-state index contributed by atoms with van der Waals surface area (Å²) in [4.78, 5) is 2.66. The summed E-state index contributed by atoms with van der Waals surface area (Å²) in [5.74, 6) is 0. The molecule has 2 rings (SSSR count). The van der Waals surface area contributed by atoms with Gasteiger partial charge in [0.25, 0.3) is 0 Å². The van der Waals surface area contributed by atoms with E-state index in [-0.39, 0.29) is 6.04 Å².